The van der Waals surface area contributed by atoms with Crippen LogP contribution in [-0.4, -0.2) is 160 Å². The van der Waals surface area contributed by atoms with Crippen molar-refractivity contribution in [3.05, 3.63) is 65.7 Å². The summed E-state index contributed by atoms with van der Waals surface area (Å²) in [4.78, 5) is 127. The average molecular weight is 1010 g/mol. The van der Waals surface area contributed by atoms with E-state index >= 15 is 0 Å². The van der Waals surface area contributed by atoms with Crippen LogP contribution < -0.4 is 49.5 Å². The van der Waals surface area contributed by atoms with Crippen LogP contribution in [0.1, 0.15) is 56.6 Å². The first-order valence-corrected chi connectivity index (χ1v) is 24.0. The minimum Gasteiger partial charge on any atom is -0.508 e. The normalized spacial score (nSPS) is 18.8. The fourth-order valence-corrected chi connectivity index (χ4v) is 8.54. The Hall–Kier alpha value is -6.60. The number of nitrogens with one attached hydrogen (secondary N) is 5. The lowest BCUT2D eigenvalue weighted by Gasteiger charge is -2.43. The summed E-state index contributed by atoms with van der Waals surface area (Å²) in [5.74, 6) is -6.75. The highest BCUT2D eigenvalue weighted by atomic mass is 32.1. The van der Waals surface area contributed by atoms with Crippen molar-refractivity contribution >= 4 is 84.4 Å². The van der Waals surface area contributed by atoms with E-state index in [0.717, 1.165) is 10.5 Å². The summed E-state index contributed by atoms with van der Waals surface area (Å²) < 4.78 is 6.22. The molecule has 0 spiro atoms. The number of thiol groups is 2. The summed E-state index contributed by atoms with van der Waals surface area (Å²) in [7, 11) is 0. The number of nitrogens with zero attached hydrogens (tertiary/aromatic N) is 3. The van der Waals surface area contributed by atoms with Gasteiger partial charge in [-0.1, -0.05) is 42.5 Å². The number of morpholine rings is 1. The van der Waals surface area contributed by atoms with Crippen LogP contribution in [-0.2, 0) is 60.7 Å². The van der Waals surface area contributed by atoms with Crippen molar-refractivity contribution in [2.24, 2.45) is 27.9 Å². The standard InChI is InChI=1S/C45H64N12O11S2/c1-25-43(66)57(23-35(68-25)30(19-26-7-3-2-4-8-26)54-40(63)31(52-38(61)15-18-69)20-27-11-13-28(58)14-12-27)34(21-36(46)59)42(65)55-32(24-70)44(67)56-17-6-10-33(56)41(64)53-29(9-5-16-50-45(48)49)39(62)51-22-37(47)60/h2-4,7-8,11-14,25,29-35,58,69-70H,5-6,9-10,15-24H2,1H3,(H2,46,59)(H2,47,60)(H,51,62)(H,52,61)(H,53,64)(H,54,63)(H,55,65)(H4,48,49,50)/t25-,29+,30-,31-,32-,33-,34+,35+/m0/s1. The van der Waals surface area contributed by atoms with Gasteiger partial charge < -0.3 is 69.2 Å². The third-order valence-corrected chi connectivity index (χ3v) is 12.1. The molecule has 2 aromatic carbocycles. The molecule has 0 aliphatic carbocycles. The Balaban J connectivity index is 1.57. The van der Waals surface area contributed by atoms with Gasteiger partial charge in [0.2, 0.25) is 47.3 Å². The number of carbonyl (C=O) groups is 9. The number of phenolic OH excluding ortho intramolecular Hbond substituents is 1. The van der Waals surface area contributed by atoms with Crippen molar-refractivity contribution in [2.75, 3.05) is 37.7 Å². The number of amides is 9. The molecule has 4 rings (SSSR count). The van der Waals surface area contributed by atoms with E-state index in [1.54, 1.807) is 24.3 Å². The number of benzene rings is 2. The zero-order chi connectivity index (χ0) is 51.5. The Morgan fingerprint density at radius 2 is 1.51 bits per heavy atom. The van der Waals surface area contributed by atoms with Crippen LogP contribution in [0, 0.1) is 0 Å². The van der Waals surface area contributed by atoms with Crippen LogP contribution in [0.3, 0.4) is 0 Å². The smallest absolute Gasteiger partial charge is 0.252 e. The molecule has 382 valence electrons. The number of primary amides is 2. The largest absolute Gasteiger partial charge is 0.508 e. The number of nitrogens with two attached hydrogens (primary N) is 4. The molecule has 25 heteroatoms. The molecule has 2 aromatic rings. The summed E-state index contributed by atoms with van der Waals surface area (Å²) in [6.45, 7) is 0.842. The maximum absolute atomic E-state index is 14.3. The number of hydrogen-bond acceptors (Lipinski definition) is 14. The highest BCUT2D eigenvalue weighted by Crippen LogP contribution is 2.24. The number of ether oxygens (including phenoxy) is 1. The molecule has 0 unspecified atom stereocenters. The summed E-state index contributed by atoms with van der Waals surface area (Å²) in [6, 6.07) is 7.97. The van der Waals surface area contributed by atoms with Crippen molar-refractivity contribution < 1.29 is 53.0 Å². The molecule has 2 fully saturated rings. The number of carbonyl (C=O) groups excluding carboxylic acids is 9. The lowest BCUT2D eigenvalue weighted by atomic mass is 9.96. The highest BCUT2D eigenvalue weighted by Gasteiger charge is 2.45. The van der Waals surface area contributed by atoms with E-state index in [1.807, 2.05) is 18.2 Å². The summed E-state index contributed by atoms with van der Waals surface area (Å²) in [6.07, 6.45) is -1.78. The number of hydrogen-bond donors (Lipinski definition) is 12. The van der Waals surface area contributed by atoms with Gasteiger partial charge in [-0.3, -0.25) is 48.1 Å². The van der Waals surface area contributed by atoms with Gasteiger partial charge in [-0.2, -0.15) is 25.3 Å². The minimum atomic E-state index is -1.58. The van der Waals surface area contributed by atoms with Crippen molar-refractivity contribution in [3.8, 4) is 5.75 Å². The number of phenols is 1. The van der Waals surface area contributed by atoms with Crippen molar-refractivity contribution in [1.82, 2.24) is 36.4 Å². The molecule has 14 N–H and O–H groups in total. The first kappa shape index (κ1) is 56.0. The monoisotopic (exact) mass is 1010 g/mol. The van der Waals surface area contributed by atoms with E-state index in [2.05, 4.69) is 56.8 Å². The van der Waals surface area contributed by atoms with Crippen LogP contribution >= 0.6 is 25.3 Å². The lowest BCUT2D eigenvalue weighted by molar-refractivity contribution is -0.170. The zero-order valence-corrected chi connectivity index (χ0v) is 40.6. The summed E-state index contributed by atoms with van der Waals surface area (Å²) in [5, 5.41) is 23.2. The predicted octanol–water partition coefficient (Wildman–Crippen LogP) is -3.13. The second-order valence-corrected chi connectivity index (χ2v) is 17.7. The SMILES string of the molecule is C[C@@H]1O[C@@H]([C@H](Cc2ccccc2)NC(=O)[C@H](Cc2ccc(O)cc2)NC(=O)CCS)CN([C@H](CC(N)=O)C(=O)N[C@@H](CS)C(=O)N2CCC[C@H]2C(=O)N[C@H](CCCN=C(N)N)C(=O)NCC(N)=O)C1=O. The van der Waals surface area contributed by atoms with Gasteiger partial charge in [0.15, 0.2) is 5.96 Å². The second kappa shape index (κ2) is 27.6. The Kier molecular flexibility index (Phi) is 22.0. The van der Waals surface area contributed by atoms with E-state index in [1.165, 1.54) is 24.0 Å². The summed E-state index contributed by atoms with van der Waals surface area (Å²) >= 11 is 8.48. The highest BCUT2D eigenvalue weighted by molar-refractivity contribution is 7.80. The molecule has 9 amide bonds. The number of rotatable bonds is 26. The van der Waals surface area contributed by atoms with Gasteiger partial charge in [0.05, 0.1) is 25.1 Å². The van der Waals surface area contributed by atoms with E-state index < -0.39 is 115 Å². The molecule has 8 atom stereocenters. The molecule has 0 saturated carbocycles. The van der Waals surface area contributed by atoms with Gasteiger partial charge in [-0.25, -0.2) is 0 Å². The number of aliphatic imine (C=N–C) groups is 1. The summed E-state index contributed by atoms with van der Waals surface area (Å²) in [5.41, 5.74) is 23.0. The number of aromatic hydroxyl groups is 1. The van der Waals surface area contributed by atoms with E-state index in [0.29, 0.717) is 12.0 Å². The van der Waals surface area contributed by atoms with Crippen LogP contribution in [0.2, 0.25) is 0 Å². The average Bonchev–Trinajstić information content (AvgIpc) is 3.82. The molecule has 23 nitrogen and oxygen atoms in total. The van der Waals surface area contributed by atoms with Gasteiger partial charge in [-0.15, -0.1) is 0 Å². The van der Waals surface area contributed by atoms with Gasteiger partial charge in [0.1, 0.15) is 42.1 Å². The predicted molar refractivity (Wildman–Crippen MR) is 262 cm³/mol. The fourth-order valence-electron chi connectivity index (χ4n) is 8.08. The van der Waals surface area contributed by atoms with Crippen LogP contribution in [0.4, 0.5) is 0 Å². The molecular weight excluding hydrogens is 949 g/mol. The molecule has 0 aromatic heterocycles. The Bertz CT molecular complexity index is 2200. The Morgan fingerprint density at radius 3 is 2.14 bits per heavy atom. The quantitative estimate of drug-likeness (QED) is 0.0192. The third-order valence-electron chi connectivity index (χ3n) is 11.6. The van der Waals surface area contributed by atoms with Crippen LogP contribution in [0.15, 0.2) is 59.6 Å². The third kappa shape index (κ3) is 17.1. The lowest BCUT2D eigenvalue weighted by Crippen LogP contribution is -2.65. The number of guanidine groups is 1. The maximum Gasteiger partial charge on any atom is 0.252 e. The Labute approximate surface area is 416 Å². The van der Waals surface area contributed by atoms with Crippen LogP contribution in [0.25, 0.3) is 0 Å². The van der Waals surface area contributed by atoms with Gasteiger partial charge >= 0.3 is 0 Å². The maximum atomic E-state index is 14.3. The molecule has 2 heterocycles. The van der Waals surface area contributed by atoms with Gasteiger partial charge in [0, 0.05) is 38.2 Å². The molecule has 2 saturated heterocycles. The first-order valence-electron chi connectivity index (χ1n) is 22.7. The second-order valence-electron chi connectivity index (χ2n) is 16.9. The van der Waals surface area contributed by atoms with Crippen molar-refractivity contribution in [2.45, 2.75) is 107 Å². The molecule has 2 aliphatic heterocycles. The number of likely N-dealkylation sites (tertiary alicyclic amines) is 1. The van der Waals surface area contributed by atoms with Gasteiger partial charge in [0.25, 0.3) is 5.91 Å². The molecule has 70 heavy (non-hydrogen) atoms. The zero-order valence-electron chi connectivity index (χ0n) is 38.8. The van der Waals surface area contributed by atoms with E-state index in [9.17, 15) is 48.3 Å². The van der Waals surface area contributed by atoms with Crippen molar-refractivity contribution in [1.29, 1.82) is 0 Å². The van der Waals surface area contributed by atoms with E-state index in [-0.39, 0.29) is 81.4 Å². The first-order chi connectivity index (χ1) is 33.3. The minimum absolute atomic E-state index is 0.0120. The Morgan fingerprint density at radius 1 is 0.829 bits per heavy atom. The molecular formula is C45H64N12O11S2. The topological polar surface area (TPSA) is 366 Å². The van der Waals surface area contributed by atoms with Crippen molar-refractivity contribution in [3.63, 3.8) is 0 Å². The molecule has 0 radical (unpaired) electrons. The van der Waals surface area contributed by atoms with Crippen LogP contribution in [0.5, 0.6) is 5.75 Å². The fraction of sp³-hybridized carbons (Fsp3) is 0.511. The molecule has 2 aliphatic rings. The molecule has 0 bridgehead atoms. The van der Waals surface area contributed by atoms with Gasteiger partial charge in [-0.05, 0) is 68.0 Å². The van der Waals surface area contributed by atoms with E-state index in [4.69, 9.17) is 27.7 Å².